The van der Waals surface area contributed by atoms with E-state index < -0.39 is 6.04 Å². The van der Waals surface area contributed by atoms with Crippen LogP contribution in [0.25, 0.3) is 11.1 Å². The van der Waals surface area contributed by atoms with Gasteiger partial charge in [-0.1, -0.05) is 12.1 Å². The summed E-state index contributed by atoms with van der Waals surface area (Å²) >= 11 is 0. The molecular formula is C26H31N3O5. The Hall–Kier alpha value is -3.55. The molecule has 1 aliphatic heterocycles. The molecule has 1 heterocycles. The highest BCUT2D eigenvalue weighted by atomic mass is 16.5. The maximum Gasteiger partial charge on any atom is 0.254 e. The third-order valence-corrected chi connectivity index (χ3v) is 6.16. The van der Waals surface area contributed by atoms with Gasteiger partial charge in [-0.05, 0) is 62.1 Å². The fourth-order valence-corrected chi connectivity index (χ4v) is 4.05. The Kier molecular flexibility index (Phi) is 7.05. The van der Waals surface area contributed by atoms with Gasteiger partial charge in [-0.2, -0.15) is 0 Å². The Morgan fingerprint density at radius 2 is 1.88 bits per heavy atom. The van der Waals surface area contributed by atoms with Crippen molar-refractivity contribution in [3.63, 3.8) is 0 Å². The van der Waals surface area contributed by atoms with Gasteiger partial charge in [0.2, 0.25) is 11.8 Å². The summed E-state index contributed by atoms with van der Waals surface area (Å²) < 4.78 is 11.4. The van der Waals surface area contributed by atoms with Gasteiger partial charge in [-0.15, -0.1) is 0 Å². The molecule has 1 saturated carbocycles. The second-order valence-electron chi connectivity index (χ2n) is 8.98. The summed E-state index contributed by atoms with van der Waals surface area (Å²) in [5, 5.41) is 5.90. The van der Waals surface area contributed by atoms with Crippen molar-refractivity contribution in [2.24, 2.45) is 0 Å². The maximum absolute atomic E-state index is 13.4. The zero-order chi connectivity index (χ0) is 24.2. The Morgan fingerprint density at radius 3 is 2.62 bits per heavy atom. The number of nitrogens with one attached hydrogen (secondary N) is 2. The van der Waals surface area contributed by atoms with Gasteiger partial charge in [0.05, 0.1) is 13.2 Å². The number of rotatable bonds is 3. The van der Waals surface area contributed by atoms with E-state index in [9.17, 15) is 14.4 Å². The molecule has 0 radical (unpaired) electrons. The molecule has 0 spiro atoms. The van der Waals surface area contributed by atoms with Gasteiger partial charge >= 0.3 is 0 Å². The number of benzene rings is 2. The molecule has 2 unspecified atom stereocenters. The number of carbonyl (C=O) groups is 3. The minimum absolute atomic E-state index is 0.124. The van der Waals surface area contributed by atoms with Gasteiger partial charge in [0, 0.05) is 30.6 Å². The number of fused-ring (bicyclic) bond motifs is 4. The van der Waals surface area contributed by atoms with Crippen molar-refractivity contribution in [2.45, 2.75) is 50.7 Å². The zero-order valence-corrected chi connectivity index (χ0v) is 19.8. The van der Waals surface area contributed by atoms with Crippen LogP contribution in [-0.4, -0.2) is 61.5 Å². The van der Waals surface area contributed by atoms with E-state index in [1.54, 1.807) is 26.3 Å². The zero-order valence-electron chi connectivity index (χ0n) is 19.8. The van der Waals surface area contributed by atoms with E-state index >= 15 is 0 Å². The highest BCUT2D eigenvalue weighted by Crippen LogP contribution is 2.34. The van der Waals surface area contributed by atoms with Gasteiger partial charge in [0.15, 0.2) is 0 Å². The van der Waals surface area contributed by atoms with Crippen molar-refractivity contribution >= 4 is 17.7 Å². The molecular weight excluding hydrogens is 434 g/mol. The van der Waals surface area contributed by atoms with Crippen LogP contribution >= 0.6 is 0 Å². The number of hydrogen-bond acceptors (Lipinski definition) is 5. The summed E-state index contributed by atoms with van der Waals surface area (Å²) in [5.41, 5.74) is 2.01. The first-order valence-electron chi connectivity index (χ1n) is 11.6. The van der Waals surface area contributed by atoms with Gasteiger partial charge in [0.25, 0.3) is 5.91 Å². The average Bonchev–Trinajstić information content (AvgIpc) is 3.65. The quantitative estimate of drug-likeness (QED) is 0.727. The third kappa shape index (κ3) is 5.50. The first-order valence-corrected chi connectivity index (χ1v) is 11.6. The van der Waals surface area contributed by atoms with Gasteiger partial charge < -0.3 is 25.0 Å². The fraction of sp³-hybridized carbons (Fsp3) is 0.423. The smallest absolute Gasteiger partial charge is 0.254 e. The number of hydrogen-bond donors (Lipinski definition) is 2. The van der Waals surface area contributed by atoms with Crippen molar-refractivity contribution in [2.75, 3.05) is 20.8 Å². The number of ether oxygens (including phenoxy) is 2. The van der Waals surface area contributed by atoms with E-state index in [2.05, 4.69) is 10.6 Å². The third-order valence-electron chi connectivity index (χ3n) is 6.16. The number of likely N-dealkylation sites (N-methyl/N-ethyl adjacent to an activating group) is 1. The molecule has 2 aromatic rings. The second-order valence-corrected chi connectivity index (χ2v) is 8.98. The van der Waals surface area contributed by atoms with Crippen LogP contribution < -0.4 is 20.1 Å². The van der Waals surface area contributed by atoms with E-state index in [-0.39, 0.29) is 49.3 Å². The monoisotopic (exact) mass is 465 g/mol. The van der Waals surface area contributed by atoms with Crippen molar-refractivity contribution in [3.05, 3.63) is 48.0 Å². The standard InChI is InChI=1S/C26H31N3O5/c1-16-15-34-23-11-9-20(33-3)14-21(23)17-5-4-6-18(13-17)26(32)29(2)22(10-12-24(30)27-16)25(31)28-19-7-8-19/h4-6,9,11,13-14,16,19,22H,7-8,10,12,15H2,1-3H3,(H,27,30)(H,28,31). The van der Waals surface area contributed by atoms with E-state index in [4.69, 9.17) is 9.47 Å². The molecule has 1 aliphatic carbocycles. The van der Waals surface area contributed by atoms with Crippen LogP contribution in [0.15, 0.2) is 42.5 Å². The highest BCUT2D eigenvalue weighted by molar-refractivity contribution is 5.98. The molecule has 34 heavy (non-hydrogen) atoms. The molecule has 1 fully saturated rings. The average molecular weight is 466 g/mol. The Labute approximate surface area is 199 Å². The fourth-order valence-electron chi connectivity index (χ4n) is 4.05. The summed E-state index contributed by atoms with van der Waals surface area (Å²) in [4.78, 5) is 40.4. The lowest BCUT2D eigenvalue weighted by Crippen LogP contribution is -2.49. The second kappa shape index (κ2) is 10.2. The minimum Gasteiger partial charge on any atom is -0.497 e. The summed E-state index contributed by atoms with van der Waals surface area (Å²) in [6.45, 7) is 2.14. The molecule has 2 aliphatic rings. The summed E-state index contributed by atoms with van der Waals surface area (Å²) in [7, 11) is 3.21. The van der Waals surface area contributed by atoms with Crippen LogP contribution in [0, 0.1) is 0 Å². The molecule has 4 rings (SSSR count). The molecule has 0 aromatic heterocycles. The van der Waals surface area contributed by atoms with Crippen LogP contribution in [0.1, 0.15) is 43.0 Å². The van der Waals surface area contributed by atoms with Crippen LogP contribution in [0.4, 0.5) is 0 Å². The van der Waals surface area contributed by atoms with Gasteiger partial charge in [-0.25, -0.2) is 0 Å². The van der Waals surface area contributed by atoms with Crippen molar-refractivity contribution in [1.82, 2.24) is 15.5 Å². The number of carbonyl (C=O) groups excluding carboxylic acids is 3. The SMILES string of the molecule is COc1ccc2c(c1)-c1cccc(c1)C(=O)N(C)C(C(=O)NC1CC1)CCC(=O)NC(C)CO2. The largest absolute Gasteiger partial charge is 0.497 e. The molecule has 8 nitrogen and oxygen atoms in total. The number of amides is 3. The van der Waals surface area contributed by atoms with Crippen LogP contribution in [0.3, 0.4) is 0 Å². The lowest BCUT2D eigenvalue weighted by atomic mass is 10.0. The lowest BCUT2D eigenvalue weighted by Gasteiger charge is -2.27. The molecule has 2 N–H and O–H groups in total. The van der Waals surface area contributed by atoms with Crippen LogP contribution in [0.2, 0.25) is 0 Å². The topological polar surface area (TPSA) is 97.0 Å². The first kappa shape index (κ1) is 23.6. The molecule has 2 atom stereocenters. The molecule has 3 amide bonds. The van der Waals surface area contributed by atoms with Crippen LogP contribution in [0.5, 0.6) is 11.5 Å². The Balaban J connectivity index is 1.72. The lowest BCUT2D eigenvalue weighted by molar-refractivity contribution is -0.126. The normalized spacial score (nSPS) is 21.3. The van der Waals surface area contributed by atoms with Gasteiger partial charge in [-0.3, -0.25) is 14.4 Å². The van der Waals surface area contributed by atoms with Gasteiger partial charge in [0.1, 0.15) is 24.1 Å². The summed E-state index contributed by atoms with van der Waals surface area (Å²) in [6, 6.07) is 11.9. The highest BCUT2D eigenvalue weighted by Gasteiger charge is 2.32. The van der Waals surface area contributed by atoms with Crippen molar-refractivity contribution < 1.29 is 23.9 Å². The van der Waals surface area contributed by atoms with E-state index in [0.717, 1.165) is 24.0 Å². The van der Waals surface area contributed by atoms with Crippen LogP contribution in [-0.2, 0) is 9.59 Å². The summed E-state index contributed by atoms with van der Waals surface area (Å²) in [5.74, 6) is 0.583. The van der Waals surface area contributed by atoms with Crippen molar-refractivity contribution in [3.8, 4) is 22.6 Å². The maximum atomic E-state index is 13.4. The molecule has 2 bridgehead atoms. The van der Waals surface area contributed by atoms with Crippen molar-refractivity contribution in [1.29, 1.82) is 0 Å². The minimum atomic E-state index is -0.744. The number of nitrogens with zero attached hydrogens (tertiary/aromatic N) is 1. The van der Waals surface area contributed by atoms with E-state index in [0.29, 0.717) is 17.1 Å². The molecule has 2 aromatic carbocycles. The Morgan fingerprint density at radius 1 is 1.12 bits per heavy atom. The van der Waals surface area contributed by atoms with E-state index in [1.807, 2.05) is 37.3 Å². The molecule has 180 valence electrons. The van der Waals surface area contributed by atoms with E-state index in [1.165, 1.54) is 4.90 Å². The first-order chi connectivity index (χ1) is 16.4. The number of methoxy groups -OCH3 is 1. The molecule has 8 heteroatoms. The predicted molar refractivity (Wildman–Crippen MR) is 128 cm³/mol. The molecule has 0 saturated heterocycles. The Bertz CT molecular complexity index is 1080. The summed E-state index contributed by atoms with van der Waals surface area (Å²) in [6.07, 6.45) is 2.24. The predicted octanol–water partition coefficient (Wildman–Crippen LogP) is 2.76.